The number of nitrogens with one attached hydrogen (secondary N) is 2. The molecule has 1 aromatic rings. The Morgan fingerprint density at radius 3 is 3.17 bits per heavy atom. The summed E-state index contributed by atoms with van der Waals surface area (Å²) in [5, 5.41) is 2.57. The van der Waals surface area contributed by atoms with Gasteiger partial charge in [0.2, 0.25) is 0 Å². The van der Waals surface area contributed by atoms with E-state index < -0.39 is 6.03 Å². The molecule has 12 heavy (non-hydrogen) atoms. The summed E-state index contributed by atoms with van der Waals surface area (Å²) in [6, 6.07) is -0.468. The zero-order chi connectivity index (χ0) is 8.97. The van der Waals surface area contributed by atoms with Gasteiger partial charge in [-0.2, -0.15) is 0 Å². The van der Waals surface area contributed by atoms with Gasteiger partial charge in [-0.1, -0.05) is 0 Å². The zero-order valence-corrected chi connectivity index (χ0v) is 6.87. The minimum absolute atomic E-state index is 0.0305. The molecule has 66 valence electrons. The first kappa shape index (κ1) is 8.58. The lowest BCUT2D eigenvalue weighted by Gasteiger charge is -2.09. The molecular formula is C7H12N4O. The number of amides is 2. The van der Waals surface area contributed by atoms with Crippen LogP contribution in [0.4, 0.5) is 4.79 Å². The molecule has 0 saturated carbocycles. The van der Waals surface area contributed by atoms with Gasteiger partial charge in [-0.25, -0.2) is 9.78 Å². The molecule has 1 rings (SSSR count). The topological polar surface area (TPSA) is 83.8 Å². The fraction of sp³-hybridized carbons (Fsp3) is 0.429. The predicted octanol–water partition coefficient (Wildman–Crippen LogP) is 0.00900. The molecule has 0 aliphatic carbocycles. The van der Waals surface area contributed by atoms with Crippen molar-refractivity contribution >= 4 is 6.03 Å². The van der Waals surface area contributed by atoms with Gasteiger partial charge < -0.3 is 16.0 Å². The lowest BCUT2D eigenvalue weighted by molar-refractivity contribution is 0.246. The van der Waals surface area contributed by atoms with Crippen LogP contribution in [0.1, 0.15) is 12.6 Å². The van der Waals surface area contributed by atoms with Crippen molar-refractivity contribution in [2.24, 2.45) is 5.73 Å². The number of nitrogens with zero attached hydrogens (tertiary/aromatic N) is 1. The van der Waals surface area contributed by atoms with E-state index in [9.17, 15) is 4.79 Å². The van der Waals surface area contributed by atoms with Crippen LogP contribution >= 0.6 is 0 Å². The largest absolute Gasteiger partial charge is 0.352 e. The van der Waals surface area contributed by atoms with E-state index in [0.717, 1.165) is 5.69 Å². The number of urea groups is 1. The van der Waals surface area contributed by atoms with Gasteiger partial charge in [-0.05, 0) is 6.92 Å². The Kier molecular flexibility index (Phi) is 2.68. The molecule has 0 aliphatic rings. The summed E-state index contributed by atoms with van der Waals surface area (Å²) in [4.78, 5) is 17.2. The Balaban J connectivity index is 2.36. The van der Waals surface area contributed by atoms with E-state index in [1.807, 2.05) is 6.92 Å². The Morgan fingerprint density at radius 2 is 2.67 bits per heavy atom. The predicted molar refractivity (Wildman–Crippen MR) is 44.5 cm³/mol. The molecule has 0 aliphatic heterocycles. The summed E-state index contributed by atoms with van der Waals surface area (Å²) >= 11 is 0. The van der Waals surface area contributed by atoms with Crippen LogP contribution in [0.25, 0.3) is 0 Å². The van der Waals surface area contributed by atoms with Gasteiger partial charge in [0.05, 0.1) is 6.33 Å². The summed E-state index contributed by atoms with van der Waals surface area (Å²) in [5.41, 5.74) is 5.93. The smallest absolute Gasteiger partial charge is 0.312 e. The summed E-state index contributed by atoms with van der Waals surface area (Å²) in [6.07, 6.45) is 4.04. The normalized spacial score (nSPS) is 12.4. The Morgan fingerprint density at radius 1 is 1.92 bits per heavy atom. The molecule has 0 aromatic carbocycles. The minimum atomic E-state index is -0.498. The fourth-order valence-electron chi connectivity index (χ4n) is 1.02. The van der Waals surface area contributed by atoms with E-state index in [0.29, 0.717) is 6.42 Å². The first-order valence-corrected chi connectivity index (χ1v) is 3.71. The summed E-state index contributed by atoms with van der Waals surface area (Å²) in [5.74, 6) is 0. The van der Waals surface area contributed by atoms with E-state index in [1.165, 1.54) is 0 Å². The molecule has 0 radical (unpaired) electrons. The molecular weight excluding hydrogens is 156 g/mol. The molecule has 5 heteroatoms. The van der Waals surface area contributed by atoms with Crippen LogP contribution < -0.4 is 11.1 Å². The molecule has 1 heterocycles. The number of hydrogen-bond donors (Lipinski definition) is 3. The molecule has 1 atom stereocenters. The van der Waals surface area contributed by atoms with Gasteiger partial charge in [0, 0.05) is 24.4 Å². The highest BCUT2D eigenvalue weighted by molar-refractivity contribution is 5.71. The van der Waals surface area contributed by atoms with Gasteiger partial charge in [0.15, 0.2) is 0 Å². The van der Waals surface area contributed by atoms with Crippen molar-refractivity contribution in [1.82, 2.24) is 15.3 Å². The van der Waals surface area contributed by atoms with Crippen molar-refractivity contribution in [1.29, 1.82) is 0 Å². The van der Waals surface area contributed by atoms with E-state index in [4.69, 9.17) is 5.73 Å². The van der Waals surface area contributed by atoms with Crippen LogP contribution in [0.5, 0.6) is 0 Å². The maximum atomic E-state index is 10.4. The molecule has 1 aromatic heterocycles. The first-order valence-electron chi connectivity index (χ1n) is 3.71. The van der Waals surface area contributed by atoms with Crippen LogP contribution in [0.3, 0.4) is 0 Å². The number of rotatable bonds is 3. The van der Waals surface area contributed by atoms with Crippen LogP contribution in [-0.2, 0) is 6.42 Å². The van der Waals surface area contributed by atoms with E-state index in [-0.39, 0.29) is 6.04 Å². The fourth-order valence-corrected chi connectivity index (χ4v) is 1.02. The van der Waals surface area contributed by atoms with Gasteiger partial charge >= 0.3 is 6.03 Å². The minimum Gasteiger partial charge on any atom is -0.352 e. The summed E-state index contributed by atoms with van der Waals surface area (Å²) in [6.45, 7) is 1.88. The average Bonchev–Trinajstić information content (AvgIpc) is 2.37. The first-order chi connectivity index (χ1) is 5.68. The molecule has 0 spiro atoms. The molecule has 2 amide bonds. The maximum absolute atomic E-state index is 10.4. The van der Waals surface area contributed by atoms with Crippen molar-refractivity contribution in [2.75, 3.05) is 0 Å². The number of hydrogen-bond acceptors (Lipinski definition) is 2. The molecule has 0 bridgehead atoms. The third kappa shape index (κ3) is 2.61. The molecule has 0 saturated heterocycles. The van der Waals surface area contributed by atoms with Gasteiger partial charge in [0.1, 0.15) is 0 Å². The number of carbonyl (C=O) groups excluding carboxylic acids is 1. The van der Waals surface area contributed by atoms with Crippen LogP contribution in [0, 0.1) is 0 Å². The van der Waals surface area contributed by atoms with E-state index in [2.05, 4.69) is 15.3 Å². The monoisotopic (exact) mass is 168 g/mol. The second kappa shape index (κ2) is 3.75. The Hall–Kier alpha value is -1.52. The number of imidazole rings is 1. The molecule has 0 fully saturated rings. The number of aromatic nitrogens is 2. The highest BCUT2D eigenvalue weighted by Crippen LogP contribution is 1.96. The Labute approximate surface area is 70.4 Å². The van der Waals surface area contributed by atoms with Gasteiger partial charge in [0.25, 0.3) is 0 Å². The molecule has 4 N–H and O–H groups in total. The second-order valence-electron chi connectivity index (χ2n) is 2.69. The van der Waals surface area contributed by atoms with E-state index >= 15 is 0 Å². The highest BCUT2D eigenvalue weighted by atomic mass is 16.2. The SMILES string of the molecule is C[C@H](Cc1cnc[nH]1)NC(N)=O. The molecule has 5 nitrogen and oxygen atoms in total. The number of aromatic amines is 1. The third-order valence-corrected chi connectivity index (χ3v) is 1.47. The van der Waals surface area contributed by atoms with Crippen molar-refractivity contribution in [3.05, 3.63) is 18.2 Å². The highest BCUT2D eigenvalue weighted by Gasteiger charge is 2.04. The second-order valence-corrected chi connectivity index (χ2v) is 2.69. The summed E-state index contributed by atoms with van der Waals surface area (Å²) in [7, 11) is 0. The van der Waals surface area contributed by atoms with Gasteiger partial charge in [-0.3, -0.25) is 0 Å². The number of H-pyrrole nitrogens is 1. The maximum Gasteiger partial charge on any atom is 0.312 e. The quantitative estimate of drug-likeness (QED) is 0.594. The van der Waals surface area contributed by atoms with E-state index in [1.54, 1.807) is 12.5 Å². The van der Waals surface area contributed by atoms with Crippen LogP contribution in [-0.4, -0.2) is 22.0 Å². The number of primary amides is 1. The summed E-state index contributed by atoms with van der Waals surface area (Å²) < 4.78 is 0. The molecule has 0 unspecified atom stereocenters. The lowest BCUT2D eigenvalue weighted by atomic mass is 10.2. The van der Waals surface area contributed by atoms with Crippen molar-refractivity contribution in [3.63, 3.8) is 0 Å². The number of carbonyl (C=O) groups is 1. The van der Waals surface area contributed by atoms with Crippen molar-refractivity contribution in [3.8, 4) is 0 Å². The van der Waals surface area contributed by atoms with Gasteiger partial charge in [-0.15, -0.1) is 0 Å². The lowest BCUT2D eigenvalue weighted by Crippen LogP contribution is -2.37. The standard InChI is InChI=1S/C7H12N4O/c1-5(11-7(8)12)2-6-3-9-4-10-6/h3-5H,2H2,1H3,(H,9,10)(H3,8,11,12)/t5-/m1/s1. The van der Waals surface area contributed by atoms with Crippen molar-refractivity contribution in [2.45, 2.75) is 19.4 Å². The average molecular weight is 168 g/mol. The third-order valence-electron chi connectivity index (χ3n) is 1.47. The van der Waals surface area contributed by atoms with Crippen LogP contribution in [0.15, 0.2) is 12.5 Å². The Bertz CT molecular complexity index is 244. The van der Waals surface area contributed by atoms with Crippen LogP contribution in [0.2, 0.25) is 0 Å². The van der Waals surface area contributed by atoms with Crippen molar-refractivity contribution < 1.29 is 4.79 Å². The zero-order valence-electron chi connectivity index (χ0n) is 6.87. The number of nitrogens with two attached hydrogens (primary N) is 1.